The Labute approximate surface area is 165 Å². The average molecular weight is 406 g/mol. The first kappa shape index (κ1) is 19.6. The van der Waals surface area contributed by atoms with Crippen molar-refractivity contribution in [3.63, 3.8) is 0 Å². The average Bonchev–Trinajstić information content (AvgIpc) is 3.39. The zero-order chi connectivity index (χ0) is 21.0. The van der Waals surface area contributed by atoms with Gasteiger partial charge in [0.15, 0.2) is 0 Å². The number of pyridine rings is 1. The summed E-state index contributed by atoms with van der Waals surface area (Å²) in [6.45, 7) is 5.05. The molecule has 1 aromatic carbocycles. The number of rotatable bonds is 5. The van der Waals surface area contributed by atoms with Gasteiger partial charge in [-0.05, 0) is 68.9 Å². The lowest BCUT2D eigenvalue weighted by atomic mass is 9.98. The second-order valence-electron chi connectivity index (χ2n) is 8.14. The molecule has 0 aliphatic heterocycles. The van der Waals surface area contributed by atoms with Crippen molar-refractivity contribution in [1.82, 2.24) is 15.2 Å². The minimum absolute atomic E-state index is 0.00522. The van der Waals surface area contributed by atoms with Gasteiger partial charge in [-0.2, -0.15) is 13.2 Å². The molecular formula is C20H21F3N4O2. The van der Waals surface area contributed by atoms with Crippen molar-refractivity contribution < 1.29 is 22.7 Å². The zero-order valence-electron chi connectivity index (χ0n) is 16.3. The van der Waals surface area contributed by atoms with Gasteiger partial charge in [0.05, 0.1) is 23.2 Å². The molecule has 0 spiro atoms. The summed E-state index contributed by atoms with van der Waals surface area (Å²) in [4.78, 5) is 4.23. The molecule has 6 nitrogen and oxygen atoms in total. The molecule has 0 atom stereocenters. The van der Waals surface area contributed by atoms with Gasteiger partial charge in [-0.15, -0.1) is 5.10 Å². The van der Waals surface area contributed by atoms with E-state index in [0.29, 0.717) is 16.5 Å². The Morgan fingerprint density at radius 3 is 2.52 bits per heavy atom. The van der Waals surface area contributed by atoms with E-state index in [2.05, 4.69) is 20.5 Å². The number of aliphatic hydroxyl groups excluding tert-OH is 1. The number of aromatic nitrogens is 3. The molecule has 9 heteroatoms. The SMILES string of the molecule is Cc1cc(-c2nnc(NC(C)(C)CO)o2)nc2c(C(F)(F)F)cc(C3CC3)cc12. The summed E-state index contributed by atoms with van der Waals surface area (Å²) in [5, 5.41) is 20.4. The van der Waals surface area contributed by atoms with Crippen molar-refractivity contribution >= 4 is 16.9 Å². The maximum absolute atomic E-state index is 13.8. The van der Waals surface area contributed by atoms with Crippen LogP contribution in [-0.4, -0.2) is 32.4 Å². The van der Waals surface area contributed by atoms with Crippen molar-refractivity contribution in [1.29, 1.82) is 0 Å². The number of alkyl halides is 3. The summed E-state index contributed by atoms with van der Waals surface area (Å²) in [5.41, 5.74) is -0.0398. The monoisotopic (exact) mass is 406 g/mol. The molecule has 0 bridgehead atoms. The standard InChI is InChI=1S/C20H21F3N4O2/c1-10-6-15(17-26-27-18(29-17)25-19(2,3)9-28)24-16-13(10)7-12(11-4-5-11)8-14(16)20(21,22)23/h6-8,11,28H,4-5,9H2,1-3H3,(H,25,27). The van der Waals surface area contributed by atoms with Crippen LogP contribution in [0.15, 0.2) is 22.6 Å². The largest absolute Gasteiger partial charge is 0.418 e. The molecular weight excluding hydrogens is 385 g/mol. The maximum Gasteiger partial charge on any atom is 0.418 e. The molecule has 0 saturated heterocycles. The molecule has 154 valence electrons. The zero-order valence-corrected chi connectivity index (χ0v) is 16.3. The number of aryl methyl sites for hydroxylation is 1. The number of hydrogen-bond donors (Lipinski definition) is 2. The third-order valence-electron chi connectivity index (χ3n) is 4.98. The first-order chi connectivity index (χ1) is 13.6. The van der Waals surface area contributed by atoms with Crippen LogP contribution in [0, 0.1) is 6.92 Å². The van der Waals surface area contributed by atoms with E-state index in [1.807, 2.05) is 0 Å². The lowest BCUT2D eigenvalue weighted by Crippen LogP contribution is -2.35. The van der Waals surface area contributed by atoms with Gasteiger partial charge in [0.2, 0.25) is 0 Å². The molecule has 3 aromatic rings. The summed E-state index contributed by atoms with van der Waals surface area (Å²) < 4.78 is 46.8. The molecule has 1 aliphatic rings. The molecule has 4 rings (SSSR count). The summed E-state index contributed by atoms with van der Waals surface area (Å²) in [6.07, 6.45) is -2.70. The Morgan fingerprint density at radius 2 is 1.90 bits per heavy atom. The van der Waals surface area contributed by atoms with Crippen molar-refractivity contribution in [3.05, 3.63) is 34.9 Å². The highest BCUT2D eigenvalue weighted by molar-refractivity contribution is 5.88. The first-order valence-electron chi connectivity index (χ1n) is 9.33. The third-order valence-corrected chi connectivity index (χ3v) is 4.98. The predicted octanol–water partition coefficient (Wildman–Crippen LogP) is 4.67. The molecule has 1 aliphatic carbocycles. The van der Waals surface area contributed by atoms with Crippen LogP contribution in [0.5, 0.6) is 0 Å². The molecule has 2 heterocycles. The first-order valence-corrected chi connectivity index (χ1v) is 9.33. The van der Waals surface area contributed by atoms with Crippen LogP contribution in [0.1, 0.15) is 49.3 Å². The number of benzene rings is 1. The molecule has 29 heavy (non-hydrogen) atoms. The highest BCUT2D eigenvalue weighted by Gasteiger charge is 2.36. The third kappa shape index (κ3) is 3.91. The number of nitrogens with zero attached hydrogens (tertiary/aromatic N) is 3. The minimum atomic E-state index is -4.52. The van der Waals surface area contributed by atoms with Gasteiger partial charge >= 0.3 is 12.2 Å². The van der Waals surface area contributed by atoms with Crippen molar-refractivity contribution in [2.75, 3.05) is 11.9 Å². The van der Waals surface area contributed by atoms with Gasteiger partial charge in [-0.3, -0.25) is 0 Å². The maximum atomic E-state index is 13.8. The quantitative estimate of drug-likeness (QED) is 0.641. The van der Waals surface area contributed by atoms with E-state index in [9.17, 15) is 18.3 Å². The van der Waals surface area contributed by atoms with E-state index >= 15 is 0 Å². The minimum Gasteiger partial charge on any atom is -0.402 e. The Bertz CT molecular complexity index is 1070. The number of anilines is 1. The van der Waals surface area contributed by atoms with Crippen molar-refractivity contribution in [2.24, 2.45) is 0 Å². The number of aliphatic hydroxyl groups is 1. The predicted molar refractivity (Wildman–Crippen MR) is 102 cm³/mol. The molecule has 1 saturated carbocycles. The van der Waals surface area contributed by atoms with Crippen LogP contribution in [0.25, 0.3) is 22.5 Å². The van der Waals surface area contributed by atoms with Crippen molar-refractivity contribution in [3.8, 4) is 11.6 Å². The van der Waals surface area contributed by atoms with Gasteiger partial charge in [0.1, 0.15) is 5.69 Å². The molecule has 0 radical (unpaired) electrons. The Kier molecular flexibility index (Phi) is 4.53. The van der Waals surface area contributed by atoms with E-state index in [1.165, 1.54) is 6.07 Å². The van der Waals surface area contributed by atoms with E-state index in [0.717, 1.165) is 12.8 Å². The fourth-order valence-electron chi connectivity index (χ4n) is 3.20. The fraction of sp³-hybridized carbons (Fsp3) is 0.450. The highest BCUT2D eigenvalue weighted by Crippen LogP contribution is 2.45. The Hall–Kier alpha value is -2.68. The number of halogens is 3. The summed E-state index contributed by atoms with van der Waals surface area (Å²) in [5.74, 6) is 0.199. The van der Waals surface area contributed by atoms with Crippen LogP contribution in [0.2, 0.25) is 0 Å². The van der Waals surface area contributed by atoms with Crippen molar-refractivity contribution in [2.45, 2.75) is 51.2 Å². The summed E-state index contributed by atoms with van der Waals surface area (Å²) in [6, 6.07) is 4.71. The van der Waals surface area contributed by atoms with E-state index in [1.54, 1.807) is 32.9 Å². The Morgan fingerprint density at radius 1 is 1.17 bits per heavy atom. The highest BCUT2D eigenvalue weighted by atomic mass is 19.4. The second kappa shape index (κ2) is 6.69. The number of nitrogens with one attached hydrogen (secondary N) is 1. The van der Waals surface area contributed by atoms with Crippen LogP contribution in [0.4, 0.5) is 19.2 Å². The van der Waals surface area contributed by atoms with Gasteiger partial charge in [-0.25, -0.2) is 4.98 Å². The normalized spacial score (nSPS) is 15.1. The summed E-state index contributed by atoms with van der Waals surface area (Å²) >= 11 is 0. The lowest BCUT2D eigenvalue weighted by molar-refractivity contribution is -0.136. The number of hydrogen-bond acceptors (Lipinski definition) is 6. The van der Waals surface area contributed by atoms with Gasteiger partial charge in [0.25, 0.3) is 5.89 Å². The smallest absolute Gasteiger partial charge is 0.402 e. The van der Waals surface area contributed by atoms with Gasteiger partial charge in [0, 0.05) is 5.39 Å². The topological polar surface area (TPSA) is 84.1 Å². The molecule has 1 fully saturated rings. The summed E-state index contributed by atoms with van der Waals surface area (Å²) in [7, 11) is 0. The van der Waals surface area contributed by atoms with E-state index in [4.69, 9.17) is 4.42 Å². The molecule has 0 unspecified atom stereocenters. The van der Waals surface area contributed by atoms with Crippen LogP contribution < -0.4 is 5.32 Å². The lowest BCUT2D eigenvalue weighted by Gasteiger charge is -2.21. The van der Waals surface area contributed by atoms with E-state index < -0.39 is 17.3 Å². The van der Waals surface area contributed by atoms with Crippen LogP contribution in [-0.2, 0) is 6.18 Å². The van der Waals surface area contributed by atoms with E-state index in [-0.39, 0.29) is 35.6 Å². The molecule has 2 aromatic heterocycles. The van der Waals surface area contributed by atoms with Gasteiger partial charge in [-0.1, -0.05) is 5.10 Å². The van der Waals surface area contributed by atoms with Crippen LogP contribution >= 0.6 is 0 Å². The molecule has 0 amide bonds. The van der Waals surface area contributed by atoms with Crippen LogP contribution in [0.3, 0.4) is 0 Å². The Balaban J connectivity index is 1.81. The van der Waals surface area contributed by atoms with Gasteiger partial charge < -0.3 is 14.8 Å². The fourth-order valence-corrected chi connectivity index (χ4v) is 3.20. The second-order valence-corrected chi connectivity index (χ2v) is 8.14. The number of fused-ring (bicyclic) bond motifs is 1. The molecule has 2 N–H and O–H groups in total.